The van der Waals surface area contributed by atoms with Gasteiger partial charge in [-0.05, 0) is 37.3 Å². The van der Waals surface area contributed by atoms with Crippen molar-refractivity contribution in [1.29, 1.82) is 0 Å². The molecule has 0 saturated carbocycles. The van der Waals surface area contributed by atoms with Crippen LogP contribution in [0.1, 0.15) is 37.7 Å². The maximum atomic E-state index is 12.2. The summed E-state index contributed by atoms with van der Waals surface area (Å²) in [6, 6.07) is 4.74. The summed E-state index contributed by atoms with van der Waals surface area (Å²) in [7, 11) is 3.10. The highest BCUT2D eigenvalue weighted by Gasteiger charge is 2.19. The van der Waals surface area contributed by atoms with Gasteiger partial charge in [0.15, 0.2) is 5.75 Å². The number of amides is 1. The van der Waals surface area contributed by atoms with Crippen LogP contribution in [-0.2, 0) is 16.1 Å². The van der Waals surface area contributed by atoms with Crippen LogP contribution in [0, 0.1) is 10.1 Å². The van der Waals surface area contributed by atoms with Crippen LogP contribution in [0.2, 0.25) is 0 Å². The molecule has 7 heteroatoms. The minimum absolute atomic E-state index is 0.0163. The molecule has 1 aliphatic heterocycles. The molecule has 0 aliphatic carbocycles. The molecule has 1 atom stereocenters. The van der Waals surface area contributed by atoms with Crippen molar-refractivity contribution < 1.29 is 19.2 Å². The van der Waals surface area contributed by atoms with Gasteiger partial charge in [0.25, 0.3) is 0 Å². The van der Waals surface area contributed by atoms with Gasteiger partial charge >= 0.3 is 5.69 Å². The fraction of sp³-hybridized carbons (Fsp3) is 0.588. The van der Waals surface area contributed by atoms with Crippen LogP contribution >= 0.6 is 0 Å². The molecule has 0 bridgehead atoms. The lowest BCUT2D eigenvalue weighted by atomic mass is 10.0. The zero-order valence-electron chi connectivity index (χ0n) is 14.2. The van der Waals surface area contributed by atoms with Crippen molar-refractivity contribution in [1.82, 2.24) is 4.90 Å². The molecule has 1 aromatic carbocycles. The number of nitrogens with zero attached hydrogens (tertiary/aromatic N) is 2. The highest BCUT2D eigenvalue weighted by atomic mass is 16.6. The molecular weight excluding hydrogens is 312 g/mol. The average Bonchev–Trinajstić information content (AvgIpc) is 2.60. The Kier molecular flexibility index (Phi) is 6.54. The summed E-state index contributed by atoms with van der Waals surface area (Å²) in [4.78, 5) is 24.4. The molecule has 1 fully saturated rings. The van der Waals surface area contributed by atoms with Gasteiger partial charge in [0.05, 0.1) is 18.1 Å². The van der Waals surface area contributed by atoms with Crippen molar-refractivity contribution >= 4 is 11.6 Å². The second-order valence-electron chi connectivity index (χ2n) is 6.04. The van der Waals surface area contributed by atoms with E-state index in [2.05, 4.69) is 0 Å². The number of hydrogen-bond donors (Lipinski definition) is 0. The molecule has 1 saturated heterocycles. The van der Waals surface area contributed by atoms with Gasteiger partial charge in [0, 0.05) is 32.7 Å². The molecule has 2 rings (SSSR count). The Labute approximate surface area is 141 Å². The molecule has 1 aromatic rings. The van der Waals surface area contributed by atoms with Crippen LogP contribution in [0.25, 0.3) is 0 Å². The molecule has 1 unspecified atom stereocenters. The zero-order valence-corrected chi connectivity index (χ0v) is 14.2. The fourth-order valence-corrected chi connectivity index (χ4v) is 2.85. The van der Waals surface area contributed by atoms with Crippen molar-refractivity contribution in [3.8, 4) is 5.75 Å². The van der Waals surface area contributed by atoms with Crippen molar-refractivity contribution in [3.05, 3.63) is 33.9 Å². The third-order valence-electron chi connectivity index (χ3n) is 4.24. The molecule has 1 aliphatic rings. The Balaban J connectivity index is 1.90. The first-order valence-electron chi connectivity index (χ1n) is 8.18. The Morgan fingerprint density at radius 2 is 2.25 bits per heavy atom. The molecule has 1 amide bonds. The van der Waals surface area contributed by atoms with Crippen LogP contribution < -0.4 is 4.74 Å². The maximum Gasteiger partial charge on any atom is 0.311 e. The normalized spacial score (nSPS) is 17.3. The maximum absolute atomic E-state index is 12.2. The quantitative estimate of drug-likeness (QED) is 0.565. The molecule has 132 valence electrons. The van der Waals surface area contributed by atoms with Crippen LogP contribution in [-0.4, -0.2) is 42.6 Å². The molecule has 24 heavy (non-hydrogen) atoms. The van der Waals surface area contributed by atoms with Crippen LogP contribution in [0.3, 0.4) is 0 Å². The van der Waals surface area contributed by atoms with Crippen molar-refractivity contribution in [2.24, 2.45) is 0 Å². The molecule has 0 N–H and O–H groups in total. The summed E-state index contributed by atoms with van der Waals surface area (Å²) in [6.45, 7) is 1.11. The van der Waals surface area contributed by atoms with Crippen LogP contribution in [0.5, 0.6) is 5.75 Å². The predicted octanol–water partition coefficient (Wildman–Crippen LogP) is 2.91. The second kappa shape index (κ2) is 8.63. The lowest BCUT2D eigenvalue weighted by molar-refractivity contribution is -0.385. The largest absolute Gasteiger partial charge is 0.490 e. The minimum Gasteiger partial charge on any atom is -0.490 e. The lowest BCUT2D eigenvalue weighted by Crippen LogP contribution is -2.28. The van der Waals surface area contributed by atoms with E-state index >= 15 is 0 Å². The Morgan fingerprint density at radius 3 is 2.88 bits per heavy atom. The van der Waals surface area contributed by atoms with Crippen molar-refractivity contribution in [2.75, 3.05) is 20.8 Å². The topological polar surface area (TPSA) is 81.9 Å². The molecular formula is C17H24N2O5. The predicted molar refractivity (Wildman–Crippen MR) is 88.9 cm³/mol. The van der Waals surface area contributed by atoms with E-state index in [-0.39, 0.29) is 23.4 Å². The summed E-state index contributed by atoms with van der Waals surface area (Å²) >= 11 is 0. The van der Waals surface area contributed by atoms with E-state index in [1.54, 1.807) is 24.1 Å². The number of carbonyl (C=O) groups is 1. The first kappa shape index (κ1) is 18.2. The monoisotopic (exact) mass is 336 g/mol. The Morgan fingerprint density at radius 1 is 1.46 bits per heavy atom. The van der Waals surface area contributed by atoms with Gasteiger partial charge in [-0.15, -0.1) is 0 Å². The highest BCUT2D eigenvalue weighted by molar-refractivity contribution is 5.75. The Hall–Kier alpha value is -2.15. The fourth-order valence-electron chi connectivity index (χ4n) is 2.85. The molecule has 0 radical (unpaired) electrons. The molecule has 1 heterocycles. The van der Waals surface area contributed by atoms with Gasteiger partial charge in [0.2, 0.25) is 5.91 Å². The summed E-state index contributed by atoms with van der Waals surface area (Å²) in [5.41, 5.74) is 0.610. The summed E-state index contributed by atoms with van der Waals surface area (Å²) < 4.78 is 10.6. The number of methoxy groups -OCH3 is 1. The highest BCUT2D eigenvalue weighted by Crippen LogP contribution is 2.28. The molecule has 0 aromatic heterocycles. The number of benzene rings is 1. The summed E-state index contributed by atoms with van der Waals surface area (Å²) in [6.07, 6.45) is 4.61. The third-order valence-corrected chi connectivity index (χ3v) is 4.24. The Bertz CT molecular complexity index is 584. The van der Waals surface area contributed by atoms with E-state index in [1.165, 1.54) is 13.2 Å². The number of carbonyl (C=O) groups excluding carboxylic acids is 1. The number of nitro benzene ring substituents is 1. The second-order valence-corrected chi connectivity index (χ2v) is 6.04. The van der Waals surface area contributed by atoms with Gasteiger partial charge in [0.1, 0.15) is 0 Å². The van der Waals surface area contributed by atoms with E-state index < -0.39 is 4.92 Å². The number of ether oxygens (including phenoxy) is 2. The van der Waals surface area contributed by atoms with E-state index in [0.29, 0.717) is 18.5 Å². The van der Waals surface area contributed by atoms with Crippen LogP contribution in [0.4, 0.5) is 5.69 Å². The van der Waals surface area contributed by atoms with Crippen molar-refractivity contribution in [3.63, 3.8) is 0 Å². The van der Waals surface area contributed by atoms with Crippen LogP contribution in [0.15, 0.2) is 18.2 Å². The van der Waals surface area contributed by atoms with E-state index in [4.69, 9.17) is 9.47 Å². The minimum atomic E-state index is -0.482. The van der Waals surface area contributed by atoms with Gasteiger partial charge in [-0.1, -0.05) is 6.07 Å². The van der Waals surface area contributed by atoms with Gasteiger partial charge < -0.3 is 14.4 Å². The smallest absolute Gasteiger partial charge is 0.311 e. The average molecular weight is 336 g/mol. The lowest BCUT2D eigenvalue weighted by Gasteiger charge is -2.23. The molecule has 0 spiro atoms. The van der Waals surface area contributed by atoms with Gasteiger partial charge in [-0.3, -0.25) is 14.9 Å². The number of rotatable bonds is 7. The summed E-state index contributed by atoms with van der Waals surface area (Å²) in [5.74, 6) is 0.231. The first-order chi connectivity index (χ1) is 11.5. The SMILES string of the molecule is COc1ccc(CN(C)C(=O)CCC2CCCCO2)cc1[N+](=O)[O-]. The van der Waals surface area contributed by atoms with Crippen molar-refractivity contribution in [2.45, 2.75) is 44.8 Å². The van der Waals surface area contributed by atoms with E-state index in [9.17, 15) is 14.9 Å². The van der Waals surface area contributed by atoms with E-state index in [1.807, 2.05) is 0 Å². The van der Waals surface area contributed by atoms with E-state index in [0.717, 1.165) is 32.3 Å². The standard InChI is InChI=1S/C17H24N2O5/c1-18(17(20)9-7-14-5-3-4-10-24-14)12-13-6-8-16(23-2)15(11-13)19(21)22/h6,8,11,14H,3-5,7,9-10,12H2,1-2H3. The molecule has 7 nitrogen and oxygen atoms in total. The third kappa shape index (κ3) is 4.92. The van der Waals surface area contributed by atoms with Gasteiger partial charge in [-0.2, -0.15) is 0 Å². The first-order valence-corrected chi connectivity index (χ1v) is 8.18. The zero-order chi connectivity index (χ0) is 17.5. The number of nitro groups is 1. The van der Waals surface area contributed by atoms with Gasteiger partial charge in [-0.25, -0.2) is 0 Å². The number of hydrogen-bond acceptors (Lipinski definition) is 5. The summed E-state index contributed by atoms with van der Waals surface area (Å²) in [5, 5.41) is 11.1.